The van der Waals surface area contributed by atoms with Gasteiger partial charge >= 0.3 is 0 Å². The number of benzene rings is 1. The minimum absolute atomic E-state index is 0.00636. The van der Waals surface area contributed by atoms with Crippen LogP contribution in [-0.2, 0) is 52.7 Å². The second-order valence-corrected chi connectivity index (χ2v) is 28.4. The summed E-state index contributed by atoms with van der Waals surface area (Å²) < 4.78 is 0.886. The third-order valence-corrected chi connectivity index (χ3v) is 17.5. The maximum Gasteiger partial charge on any atom is 0.246 e. The van der Waals surface area contributed by atoms with Crippen molar-refractivity contribution >= 4 is 87.0 Å². The Morgan fingerprint density at radius 2 is 0.912 bits per heavy atom. The number of rotatable bonds is 16. The third-order valence-electron chi connectivity index (χ3n) is 17.0. The lowest BCUT2D eigenvalue weighted by molar-refractivity contribution is -0.157. The number of likely N-dealkylation sites (N-methyl/N-ethyl adjacent to an activating group) is 7. The van der Waals surface area contributed by atoms with Gasteiger partial charge in [0, 0.05) is 53.8 Å². The van der Waals surface area contributed by atoms with Gasteiger partial charge in [0.15, 0.2) is 0 Å². The number of allylic oxidation sites excluding steroid dienone is 1. The Labute approximate surface area is 551 Å². The summed E-state index contributed by atoms with van der Waals surface area (Å²) >= 11 is 3.45. The largest absolute Gasteiger partial charge is 0.390 e. The van der Waals surface area contributed by atoms with Crippen molar-refractivity contribution < 1.29 is 57.8 Å². The zero-order valence-electron chi connectivity index (χ0n) is 58.8. The van der Waals surface area contributed by atoms with Gasteiger partial charge in [-0.3, -0.25) is 52.7 Å². The molecule has 23 nitrogen and oxygen atoms in total. The summed E-state index contributed by atoms with van der Waals surface area (Å²) in [6.07, 6.45) is 2.97. The molecule has 1 aliphatic heterocycles. The van der Waals surface area contributed by atoms with E-state index in [1.165, 1.54) is 87.7 Å². The van der Waals surface area contributed by atoms with Crippen molar-refractivity contribution in [2.75, 3.05) is 55.9 Å². The van der Waals surface area contributed by atoms with Crippen molar-refractivity contribution in [2.24, 2.45) is 41.4 Å². The van der Waals surface area contributed by atoms with Crippen LogP contribution in [0.15, 0.2) is 34.8 Å². The van der Waals surface area contributed by atoms with Crippen molar-refractivity contribution in [1.82, 2.24) is 55.6 Å². The van der Waals surface area contributed by atoms with E-state index in [1.807, 2.05) is 91.8 Å². The first kappa shape index (κ1) is 80.7. The van der Waals surface area contributed by atoms with Crippen LogP contribution in [-0.4, -0.2) is 227 Å². The van der Waals surface area contributed by atoms with E-state index in [1.54, 1.807) is 41.5 Å². The average molecular weight is 1340 g/mol. The highest BCUT2D eigenvalue weighted by Crippen LogP contribution is 2.26. The van der Waals surface area contributed by atoms with Gasteiger partial charge in [-0.1, -0.05) is 137 Å². The molecular weight excluding hydrogens is 1230 g/mol. The molecular formula is C67H112BrN11O12. The molecule has 12 atom stereocenters. The number of aliphatic hydroxyl groups excluding tert-OH is 1. The first-order valence-electron chi connectivity index (χ1n) is 32.3. The Kier molecular flexibility index (Phi) is 32.5. The fraction of sp³-hybridized carbons (Fsp3) is 0.716. The van der Waals surface area contributed by atoms with E-state index in [-0.39, 0.29) is 62.2 Å². The second kappa shape index (κ2) is 36.7. The Bertz CT molecular complexity index is 2690. The highest BCUT2D eigenvalue weighted by Gasteiger charge is 2.46. The van der Waals surface area contributed by atoms with E-state index in [9.17, 15) is 38.7 Å². The number of nitrogens with one attached hydrogen (secondary N) is 4. The highest BCUT2D eigenvalue weighted by molar-refractivity contribution is 9.10. The number of carbonyl (C=O) groups is 11. The molecule has 5 N–H and O–H groups in total. The molecule has 0 saturated carbocycles. The van der Waals surface area contributed by atoms with Crippen molar-refractivity contribution in [3.05, 3.63) is 40.4 Å². The molecule has 0 spiro atoms. The van der Waals surface area contributed by atoms with Crippen LogP contribution in [0.25, 0.3) is 6.08 Å². The number of hydrogen-bond acceptors (Lipinski definition) is 12. The van der Waals surface area contributed by atoms with Crippen molar-refractivity contribution in [3.63, 3.8) is 0 Å². The Balaban J connectivity index is 2.99. The van der Waals surface area contributed by atoms with Gasteiger partial charge in [-0.25, -0.2) is 0 Å². The molecule has 0 bridgehead atoms. The van der Waals surface area contributed by atoms with Crippen LogP contribution in [0.5, 0.6) is 0 Å². The van der Waals surface area contributed by atoms with Gasteiger partial charge in [0.1, 0.15) is 60.4 Å². The van der Waals surface area contributed by atoms with E-state index >= 15 is 19.2 Å². The van der Waals surface area contributed by atoms with Gasteiger partial charge in [-0.05, 0) is 111 Å². The molecule has 1 aromatic rings. The summed E-state index contributed by atoms with van der Waals surface area (Å²) in [6.45, 7) is 27.5. The second-order valence-electron chi connectivity index (χ2n) is 27.5. The topological polar surface area (TPSA) is 279 Å². The molecule has 24 heteroatoms. The first-order chi connectivity index (χ1) is 42.1. The lowest BCUT2D eigenvalue weighted by Crippen LogP contribution is -2.63. The number of carbonyl (C=O) groups excluding carboxylic acids is 11. The van der Waals surface area contributed by atoms with E-state index in [0.717, 1.165) is 19.8 Å². The number of aliphatic hydroxyl groups is 1. The van der Waals surface area contributed by atoms with Gasteiger partial charge < -0.3 is 60.7 Å². The maximum atomic E-state index is 15.3. The lowest BCUT2D eigenvalue weighted by Gasteiger charge is -2.41. The number of hydrogen-bond donors (Lipinski definition) is 5. The van der Waals surface area contributed by atoms with Crippen LogP contribution in [0, 0.1) is 41.4 Å². The quantitative estimate of drug-likeness (QED) is 0.143. The van der Waals surface area contributed by atoms with Gasteiger partial charge in [0.2, 0.25) is 65.0 Å². The average Bonchev–Trinajstić information content (AvgIpc) is 0.937. The van der Waals surface area contributed by atoms with Crippen molar-refractivity contribution in [3.8, 4) is 0 Å². The predicted molar refractivity (Wildman–Crippen MR) is 357 cm³/mol. The summed E-state index contributed by atoms with van der Waals surface area (Å²) in [5, 5.41) is 23.4. The highest BCUT2D eigenvalue weighted by atomic mass is 79.9. The summed E-state index contributed by atoms with van der Waals surface area (Å²) in [6, 6.07) is -4.94. The fourth-order valence-electron chi connectivity index (χ4n) is 11.3. The Morgan fingerprint density at radius 1 is 0.484 bits per heavy atom. The van der Waals surface area contributed by atoms with Gasteiger partial charge in [-0.2, -0.15) is 0 Å². The van der Waals surface area contributed by atoms with Gasteiger partial charge in [0.05, 0.1) is 12.6 Å². The van der Waals surface area contributed by atoms with Crippen molar-refractivity contribution in [2.45, 2.75) is 216 Å². The van der Waals surface area contributed by atoms with Crippen LogP contribution in [0.2, 0.25) is 0 Å². The van der Waals surface area contributed by atoms with Gasteiger partial charge in [0.25, 0.3) is 0 Å². The molecule has 1 heterocycles. The normalized spacial score (nSPS) is 25.9. The zero-order valence-corrected chi connectivity index (χ0v) is 60.3. The Hall–Kier alpha value is -6.43. The molecule has 0 unspecified atom stereocenters. The lowest BCUT2D eigenvalue weighted by atomic mass is 9.91. The predicted octanol–water partition coefficient (Wildman–Crippen LogP) is 5.17. The molecule has 91 heavy (non-hydrogen) atoms. The van der Waals surface area contributed by atoms with Crippen LogP contribution in [0.3, 0.4) is 0 Å². The van der Waals surface area contributed by atoms with Gasteiger partial charge in [-0.15, -0.1) is 0 Å². The smallest absolute Gasteiger partial charge is 0.246 e. The molecule has 0 aromatic heterocycles. The van der Waals surface area contributed by atoms with E-state index in [2.05, 4.69) is 37.2 Å². The fourth-order valence-corrected chi connectivity index (χ4v) is 11.6. The summed E-state index contributed by atoms with van der Waals surface area (Å²) in [5.74, 6) is -9.94. The van der Waals surface area contributed by atoms with E-state index < -0.39 is 156 Å². The molecule has 1 aliphatic rings. The standard InChI is InChI=1S/C67H112BrN11O12/c1-24-48-63(87)73(17)36-53(80)74(18)49(32-37(2)3)60(84)72-54(41(10)11)66(90)75(19)50(33-38(4)5)59(83)69-44(15)58(82)70-45(16)62(86)76(20)51(34-39(6)7)64(88)77(21)52(35-40(8)9)65(89)78(22)55(42(12)13)67(91)79(23)56(61(85)71-48)57(81)43(14)26-25-27-46-28-30-47(68)31-29-46/h25,27-31,37-45,48-52,54-57,81H,24,26,32-36H2,1-23H3,(H,69,83)(H,70,82)(H,71,85)(H,72,84)/b27-25+/t43-,44+,45-,48+,49+,50+,51+,52+,54+,55+,56+,57-/m1/s1. The van der Waals surface area contributed by atoms with Crippen LogP contribution in [0.4, 0.5) is 0 Å². The monoisotopic (exact) mass is 1340 g/mol. The molecule has 514 valence electrons. The SMILES string of the molecule is CC[C@@H]1NC(=O)[C@H]([C@H](O)[C@H](C)C/C=C/c2ccc(Br)cc2)N(C)C(=O)[C@H](C(C)C)N(C)C(=O)[C@H](CC(C)C)N(C)C(=O)[C@H](CC(C)C)N(C)C(=O)[C@@H](C)NC(=O)[C@H](C)NC(=O)[C@H](CC(C)C)N(C)C(=O)[C@H](C(C)C)NC(=O)[C@H](CC(C)C)N(C)C(=O)CN(C)C1=O. The number of halogens is 1. The van der Waals surface area contributed by atoms with E-state index in [4.69, 9.17) is 0 Å². The third kappa shape index (κ3) is 23.0. The molecule has 1 aromatic carbocycles. The molecule has 11 amide bonds. The number of amides is 11. The molecule has 1 saturated heterocycles. The van der Waals surface area contributed by atoms with E-state index in [0.29, 0.717) is 0 Å². The molecule has 1 fully saturated rings. The summed E-state index contributed by atoms with van der Waals surface area (Å²) in [5.41, 5.74) is 0.873. The maximum absolute atomic E-state index is 15.3. The zero-order chi connectivity index (χ0) is 70.0. The van der Waals surface area contributed by atoms with Crippen LogP contribution in [0.1, 0.15) is 155 Å². The first-order valence-corrected chi connectivity index (χ1v) is 33.1. The van der Waals surface area contributed by atoms with Crippen LogP contribution < -0.4 is 21.3 Å². The molecule has 0 aliphatic carbocycles. The van der Waals surface area contributed by atoms with Crippen molar-refractivity contribution in [1.29, 1.82) is 0 Å². The molecule has 0 radical (unpaired) electrons. The minimum Gasteiger partial charge on any atom is -0.390 e. The summed E-state index contributed by atoms with van der Waals surface area (Å²) in [4.78, 5) is 170. The molecule has 2 rings (SSSR count). The Morgan fingerprint density at radius 3 is 1.38 bits per heavy atom. The van der Waals surface area contributed by atoms with Crippen LogP contribution >= 0.6 is 15.9 Å². The summed E-state index contributed by atoms with van der Waals surface area (Å²) in [7, 11) is 9.92. The number of nitrogens with zero attached hydrogens (tertiary/aromatic N) is 7. The minimum atomic E-state index is -1.66.